The van der Waals surface area contributed by atoms with Crippen LogP contribution < -0.4 is 16.0 Å². The molecular weight excluding hydrogens is 379 g/mol. The van der Waals surface area contributed by atoms with E-state index in [-0.39, 0.29) is 17.4 Å². The lowest BCUT2D eigenvalue weighted by Crippen LogP contribution is -2.28. The van der Waals surface area contributed by atoms with Crippen LogP contribution in [-0.2, 0) is 4.79 Å². The first-order chi connectivity index (χ1) is 13.1. The fourth-order valence-corrected chi connectivity index (χ4v) is 3.29. The molecule has 28 heavy (non-hydrogen) atoms. The Hall–Kier alpha value is -2.92. The van der Waals surface area contributed by atoms with E-state index in [1.165, 1.54) is 23.5 Å². The quantitative estimate of drug-likeness (QED) is 0.639. The van der Waals surface area contributed by atoms with Gasteiger partial charge in [-0.05, 0) is 30.7 Å². The van der Waals surface area contributed by atoms with Crippen molar-refractivity contribution in [1.29, 1.82) is 5.26 Å². The summed E-state index contributed by atoms with van der Waals surface area (Å²) in [6.07, 6.45) is 0. The topological polar surface area (TPSA) is 94.0 Å². The van der Waals surface area contributed by atoms with Gasteiger partial charge in [-0.2, -0.15) is 5.26 Å². The van der Waals surface area contributed by atoms with Crippen molar-refractivity contribution in [3.63, 3.8) is 0 Å². The molecule has 0 spiro atoms. The number of thiophene rings is 1. The SMILES string of the molecule is Cc1cc(NC(=O)C(C)(C)C)sc1C(=O)NCCNc1cccc(F)c1C#N. The van der Waals surface area contributed by atoms with Crippen LogP contribution in [0.1, 0.15) is 41.6 Å². The van der Waals surface area contributed by atoms with E-state index >= 15 is 0 Å². The highest BCUT2D eigenvalue weighted by Gasteiger charge is 2.23. The van der Waals surface area contributed by atoms with E-state index in [2.05, 4.69) is 16.0 Å². The lowest BCUT2D eigenvalue weighted by atomic mass is 9.96. The molecule has 0 aliphatic heterocycles. The molecule has 0 bridgehead atoms. The summed E-state index contributed by atoms with van der Waals surface area (Å²) in [4.78, 5) is 25.0. The van der Waals surface area contributed by atoms with Gasteiger partial charge < -0.3 is 16.0 Å². The zero-order chi connectivity index (χ0) is 20.9. The second-order valence-corrected chi connectivity index (χ2v) is 8.34. The largest absolute Gasteiger partial charge is 0.382 e. The second-order valence-electron chi connectivity index (χ2n) is 7.28. The van der Waals surface area contributed by atoms with Gasteiger partial charge in [-0.25, -0.2) is 4.39 Å². The maximum atomic E-state index is 13.6. The standard InChI is InChI=1S/C20H23FN4O2S/c1-12-10-16(25-19(27)20(2,3)4)28-17(12)18(26)24-9-8-23-15-7-5-6-14(21)13(15)11-22/h5-7,10,23H,8-9H2,1-4H3,(H,24,26)(H,25,27). The zero-order valence-corrected chi connectivity index (χ0v) is 17.1. The molecule has 8 heteroatoms. The van der Waals surface area contributed by atoms with Crippen LogP contribution >= 0.6 is 11.3 Å². The minimum atomic E-state index is -0.587. The van der Waals surface area contributed by atoms with Crippen molar-refractivity contribution in [2.24, 2.45) is 5.41 Å². The average Bonchev–Trinajstić information content (AvgIpc) is 2.98. The Kier molecular flexibility index (Phi) is 6.75. The van der Waals surface area contributed by atoms with Crippen molar-refractivity contribution in [2.45, 2.75) is 27.7 Å². The third kappa shape index (κ3) is 5.30. The van der Waals surface area contributed by atoms with Crippen molar-refractivity contribution in [2.75, 3.05) is 23.7 Å². The molecule has 0 aliphatic carbocycles. The molecule has 3 N–H and O–H groups in total. The maximum absolute atomic E-state index is 13.6. The Morgan fingerprint density at radius 1 is 1.25 bits per heavy atom. The lowest BCUT2D eigenvalue weighted by molar-refractivity contribution is -0.123. The van der Waals surface area contributed by atoms with Crippen LogP contribution in [-0.4, -0.2) is 24.9 Å². The van der Waals surface area contributed by atoms with Crippen LogP contribution in [0.3, 0.4) is 0 Å². The van der Waals surface area contributed by atoms with Gasteiger partial charge in [0.1, 0.15) is 17.4 Å². The van der Waals surface area contributed by atoms with E-state index in [1.54, 1.807) is 12.1 Å². The molecule has 2 amide bonds. The summed E-state index contributed by atoms with van der Waals surface area (Å²) in [5.41, 5.74) is 0.584. The van der Waals surface area contributed by atoms with Crippen molar-refractivity contribution in [1.82, 2.24) is 5.32 Å². The van der Waals surface area contributed by atoms with E-state index in [4.69, 9.17) is 5.26 Å². The van der Waals surface area contributed by atoms with Crippen LogP contribution in [0.4, 0.5) is 15.1 Å². The molecular formula is C20H23FN4O2S. The lowest BCUT2D eigenvalue weighted by Gasteiger charge is -2.16. The molecule has 0 fully saturated rings. The Labute approximate surface area is 167 Å². The summed E-state index contributed by atoms with van der Waals surface area (Å²) in [6.45, 7) is 7.89. The minimum Gasteiger partial charge on any atom is -0.382 e. The van der Waals surface area contributed by atoms with Crippen molar-refractivity contribution in [3.8, 4) is 6.07 Å². The smallest absolute Gasteiger partial charge is 0.261 e. The van der Waals surface area contributed by atoms with Gasteiger partial charge in [0, 0.05) is 18.5 Å². The van der Waals surface area contributed by atoms with Gasteiger partial charge in [-0.3, -0.25) is 9.59 Å². The third-order valence-electron chi connectivity index (χ3n) is 3.89. The molecule has 0 saturated carbocycles. The predicted octanol–water partition coefficient (Wildman–Crippen LogP) is 3.89. The monoisotopic (exact) mass is 402 g/mol. The van der Waals surface area contributed by atoms with Gasteiger partial charge in [0.15, 0.2) is 0 Å². The number of amides is 2. The number of aryl methyl sites for hydroxylation is 1. The number of nitrogens with zero attached hydrogens (tertiary/aromatic N) is 1. The van der Waals surface area contributed by atoms with E-state index in [0.29, 0.717) is 28.7 Å². The highest BCUT2D eigenvalue weighted by Crippen LogP contribution is 2.28. The summed E-state index contributed by atoms with van der Waals surface area (Å²) >= 11 is 1.22. The molecule has 1 aromatic carbocycles. The number of hydrogen-bond acceptors (Lipinski definition) is 5. The summed E-state index contributed by atoms with van der Waals surface area (Å²) in [5.74, 6) is -0.954. The fourth-order valence-electron chi connectivity index (χ4n) is 2.31. The molecule has 6 nitrogen and oxygen atoms in total. The van der Waals surface area contributed by atoms with E-state index in [0.717, 1.165) is 5.56 Å². The predicted molar refractivity (Wildman–Crippen MR) is 109 cm³/mol. The van der Waals surface area contributed by atoms with E-state index in [1.807, 2.05) is 33.8 Å². The number of hydrogen-bond donors (Lipinski definition) is 3. The van der Waals surface area contributed by atoms with Gasteiger partial charge in [-0.15, -0.1) is 11.3 Å². The Morgan fingerprint density at radius 2 is 1.96 bits per heavy atom. The molecule has 2 aromatic rings. The highest BCUT2D eigenvalue weighted by molar-refractivity contribution is 7.18. The number of nitrogens with one attached hydrogen (secondary N) is 3. The molecule has 1 aromatic heterocycles. The van der Waals surface area contributed by atoms with Gasteiger partial charge in [0.05, 0.1) is 15.6 Å². The summed E-state index contributed by atoms with van der Waals surface area (Å²) < 4.78 is 13.6. The molecule has 148 valence electrons. The van der Waals surface area contributed by atoms with Crippen molar-refractivity contribution in [3.05, 3.63) is 46.1 Å². The second kappa shape index (κ2) is 8.85. The number of carbonyl (C=O) groups is 2. The first-order valence-corrected chi connectivity index (χ1v) is 9.57. The first-order valence-electron chi connectivity index (χ1n) is 8.76. The molecule has 0 atom stereocenters. The Bertz CT molecular complexity index is 925. The van der Waals surface area contributed by atoms with Crippen LogP contribution in [0.5, 0.6) is 0 Å². The number of rotatable bonds is 6. The van der Waals surface area contributed by atoms with Gasteiger partial charge in [-0.1, -0.05) is 26.8 Å². The number of anilines is 2. The number of carbonyl (C=O) groups excluding carboxylic acids is 2. The van der Waals surface area contributed by atoms with Crippen LogP contribution in [0.15, 0.2) is 24.3 Å². The van der Waals surface area contributed by atoms with Crippen LogP contribution in [0.25, 0.3) is 0 Å². The first kappa shape index (κ1) is 21.4. The highest BCUT2D eigenvalue weighted by atomic mass is 32.1. The van der Waals surface area contributed by atoms with Gasteiger partial charge >= 0.3 is 0 Å². The molecule has 2 rings (SSSR count). The number of nitriles is 1. The molecule has 0 unspecified atom stereocenters. The Balaban J connectivity index is 1.91. The van der Waals surface area contributed by atoms with Crippen LogP contribution in [0, 0.1) is 29.5 Å². The normalized spacial score (nSPS) is 10.9. The average molecular weight is 402 g/mol. The zero-order valence-electron chi connectivity index (χ0n) is 16.3. The summed E-state index contributed by atoms with van der Waals surface area (Å²) in [7, 11) is 0. The fraction of sp³-hybridized carbons (Fsp3) is 0.350. The summed E-state index contributed by atoms with van der Waals surface area (Å²) in [5, 5.41) is 18.2. The van der Waals surface area contributed by atoms with Crippen molar-refractivity contribution < 1.29 is 14.0 Å². The van der Waals surface area contributed by atoms with E-state index < -0.39 is 11.2 Å². The molecule has 0 aliphatic rings. The number of benzene rings is 1. The Morgan fingerprint density at radius 3 is 2.61 bits per heavy atom. The van der Waals surface area contributed by atoms with Gasteiger partial charge in [0.2, 0.25) is 5.91 Å². The molecule has 0 radical (unpaired) electrons. The minimum absolute atomic E-state index is 0.0536. The van der Waals surface area contributed by atoms with E-state index in [9.17, 15) is 14.0 Å². The molecule has 1 heterocycles. The maximum Gasteiger partial charge on any atom is 0.261 e. The number of halogens is 1. The summed E-state index contributed by atoms with van der Waals surface area (Å²) in [6, 6.07) is 7.93. The molecule has 0 saturated heterocycles. The van der Waals surface area contributed by atoms with Gasteiger partial charge in [0.25, 0.3) is 5.91 Å². The third-order valence-corrected chi connectivity index (χ3v) is 5.04. The van der Waals surface area contributed by atoms with Crippen molar-refractivity contribution >= 4 is 33.8 Å². The van der Waals surface area contributed by atoms with Crippen LogP contribution in [0.2, 0.25) is 0 Å².